The molecule has 0 bridgehead atoms. The molecule has 0 radical (unpaired) electrons. The number of carbonyl (C=O) groups is 1. The minimum atomic E-state index is -0.580. The van der Waals surface area contributed by atoms with Gasteiger partial charge in [0.2, 0.25) is 17.7 Å². The quantitative estimate of drug-likeness (QED) is 0.551. The maximum absolute atomic E-state index is 11.5. The minimum absolute atomic E-state index is 0.0190. The highest BCUT2D eigenvalue weighted by Crippen LogP contribution is 2.24. The minimum Gasteiger partial charge on any atom is -0.357 e. The Balaban J connectivity index is 3.01. The van der Waals surface area contributed by atoms with Crippen molar-refractivity contribution < 1.29 is 9.72 Å². The van der Waals surface area contributed by atoms with Crippen LogP contribution in [0.25, 0.3) is 0 Å². The molecule has 0 saturated heterocycles. The molecule has 2 N–H and O–H groups in total. The second-order valence-electron chi connectivity index (χ2n) is 3.72. The fourth-order valence-corrected chi connectivity index (χ4v) is 1.44. The van der Waals surface area contributed by atoms with Gasteiger partial charge < -0.3 is 15.5 Å². The molecule has 0 aliphatic rings. The van der Waals surface area contributed by atoms with Gasteiger partial charge in [-0.05, 0) is 6.92 Å². The number of rotatable bonds is 6. The molecule has 0 spiro atoms. The average molecular weight is 268 g/mol. The van der Waals surface area contributed by atoms with Gasteiger partial charge in [0.1, 0.15) is 6.20 Å². The highest BCUT2D eigenvalue weighted by Gasteiger charge is 2.21. The lowest BCUT2D eigenvalue weighted by molar-refractivity contribution is -0.384. The number of anilines is 2. The largest absolute Gasteiger partial charge is 0.357 e. The predicted molar refractivity (Wildman–Crippen MR) is 70.2 cm³/mol. The van der Waals surface area contributed by atoms with Crippen molar-refractivity contribution >= 4 is 23.4 Å². The molecule has 1 amide bonds. The summed E-state index contributed by atoms with van der Waals surface area (Å²) in [7, 11) is 3.17. The van der Waals surface area contributed by atoms with Gasteiger partial charge in [0.05, 0.1) is 11.5 Å². The number of hydrogen-bond donors (Lipinski definition) is 2. The highest BCUT2D eigenvalue weighted by molar-refractivity contribution is 5.81. The first-order chi connectivity index (χ1) is 8.99. The van der Waals surface area contributed by atoms with Crippen LogP contribution in [0.4, 0.5) is 17.5 Å². The van der Waals surface area contributed by atoms with Crippen molar-refractivity contribution in [3.63, 3.8) is 0 Å². The van der Waals surface area contributed by atoms with Crippen molar-refractivity contribution in [2.75, 3.05) is 37.4 Å². The maximum atomic E-state index is 11.5. The molecule has 1 aromatic heterocycles. The summed E-state index contributed by atoms with van der Waals surface area (Å²) in [5.74, 6) is 0.114. The Bertz CT molecular complexity index is 478. The average Bonchev–Trinajstić information content (AvgIpc) is 2.37. The lowest BCUT2D eigenvalue weighted by Gasteiger charge is -2.17. The topological polar surface area (TPSA) is 113 Å². The lowest BCUT2D eigenvalue weighted by Crippen LogP contribution is -2.35. The Morgan fingerprint density at radius 2 is 2.26 bits per heavy atom. The van der Waals surface area contributed by atoms with Crippen molar-refractivity contribution in [2.45, 2.75) is 6.92 Å². The predicted octanol–water partition coefficient (Wildman–Crippen LogP) is -0.00120. The number of aromatic nitrogens is 2. The fraction of sp³-hybridized carbons (Fsp3) is 0.500. The molecule has 9 heteroatoms. The Morgan fingerprint density at radius 3 is 2.79 bits per heavy atom. The number of nitro groups is 1. The van der Waals surface area contributed by atoms with Crippen LogP contribution in [-0.2, 0) is 4.79 Å². The second-order valence-corrected chi connectivity index (χ2v) is 3.72. The number of nitrogens with zero attached hydrogens (tertiary/aromatic N) is 4. The van der Waals surface area contributed by atoms with Crippen molar-refractivity contribution in [2.24, 2.45) is 0 Å². The SMILES string of the molecule is CCNC(=O)CN(C)c1nc(NC)ncc1[N+](=O)[O-]. The molecule has 0 atom stereocenters. The fourth-order valence-electron chi connectivity index (χ4n) is 1.44. The van der Waals surface area contributed by atoms with E-state index >= 15 is 0 Å². The van der Waals surface area contributed by atoms with E-state index in [9.17, 15) is 14.9 Å². The third kappa shape index (κ3) is 3.76. The summed E-state index contributed by atoms with van der Waals surface area (Å²) >= 11 is 0. The van der Waals surface area contributed by atoms with Crippen molar-refractivity contribution in [3.8, 4) is 0 Å². The summed E-state index contributed by atoms with van der Waals surface area (Å²) in [5, 5.41) is 16.2. The number of likely N-dealkylation sites (N-methyl/N-ethyl adjacent to an activating group) is 2. The van der Waals surface area contributed by atoms with Crippen LogP contribution < -0.4 is 15.5 Å². The molecule has 0 aliphatic carbocycles. The summed E-state index contributed by atoms with van der Waals surface area (Å²) in [6, 6.07) is 0. The molecular formula is C10H16N6O3. The Kier molecular flexibility index (Phi) is 4.98. The molecule has 19 heavy (non-hydrogen) atoms. The summed E-state index contributed by atoms with van der Waals surface area (Å²) < 4.78 is 0. The molecule has 0 aliphatic heterocycles. The van der Waals surface area contributed by atoms with Gasteiger partial charge in [-0.15, -0.1) is 0 Å². The van der Waals surface area contributed by atoms with Crippen LogP contribution in [-0.4, -0.2) is 48.0 Å². The second kappa shape index (κ2) is 6.47. The van der Waals surface area contributed by atoms with Gasteiger partial charge in [-0.2, -0.15) is 4.98 Å². The van der Waals surface area contributed by atoms with Crippen LogP contribution in [0.15, 0.2) is 6.20 Å². The normalized spacial score (nSPS) is 9.84. The van der Waals surface area contributed by atoms with E-state index in [1.54, 1.807) is 21.0 Å². The van der Waals surface area contributed by atoms with Gasteiger partial charge in [0, 0.05) is 20.6 Å². The van der Waals surface area contributed by atoms with E-state index in [1.807, 2.05) is 0 Å². The molecule has 9 nitrogen and oxygen atoms in total. The smallest absolute Gasteiger partial charge is 0.329 e. The van der Waals surface area contributed by atoms with Gasteiger partial charge in [-0.3, -0.25) is 14.9 Å². The van der Waals surface area contributed by atoms with Crippen molar-refractivity contribution in [1.82, 2.24) is 15.3 Å². The Hall–Kier alpha value is -2.45. The van der Waals surface area contributed by atoms with Crippen LogP contribution in [0.2, 0.25) is 0 Å². The Labute approximate surface area is 110 Å². The number of amides is 1. The lowest BCUT2D eigenvalue weighted by atomic mass is 10.4. The third-order valence-corrected chi connectivity index (χ3v) is 2.29. The van der Waals surface area contributed by atoms with Crippen molar-refractivity contribution in [1.29, 1.82) is 0 Å². The van der Waals surface area contributed by atoms with Crippen LogP contribution in [0.5, 0.6) is 0 Å². The van der Waals surface area contributed by atoms with Crippen molar-refractivity contribution in [3.05, 3.63) is 16.3 Å². The molecule has 104 valence electrons. The van der Waals surface area contributed by atoms with E-state index in [0.717, 1.165) is 6.20 Å². The molecule has 0 aromatic carbocycles. The first-order valence-corrected chi connectivity index (χ1v) is 5.66. The first kappa shape index (κ1) is 14.6. The van der Waals surface area contributed by atoms with E-state index in [2.05, 4.69) is 20.6 Å². The monoisotopic (exact) mass is 268 g/mol. The zero-order chi connectivity index (χ0) is 14.4. The summed E-state index contributed by atoms with van der Waals surface area (Å²) in [6.07, 6.45) is 1.11. The molecule has 0 fully saturated rings. The van der Waals surface area contributed by atoms with Crippen LogP contribution in [0.3, 0.4) is 0 Å². The van der Waals surface area contributed by atoms with Gasteiger partial charge in [-0.25, -0.2) is 4.98 Å². The van der Waals surface area contributed by atoms with E-state index < -0.39 is 4.92 Å². The van der Waals surface area contributed by atoms with Crippen LogP contribution in [0.1, 0.15) is 6.92 Å². The standard InChI is InChI=1S/C10H16N6O3/c1-4-12-8(17)6-15(3)9-7(16(18)19)5-13-10(11-2)14-9/h5H,4,6H2,1-3H3,(H,12,17)(H,11,13,14). The van der Waals surface area contributed by atoms with Crippen LogP contribution >= 0.6 is 0 Å². The highest BCUT2D eigenvalue weighted by atomic mass is 16.6. The summed E-state index contributed by atoms with van der Waals surface area (Å²) in [6.45, 7) is 2.28. The van der Waals surface area contributed by atoms with Gasteiger partial charge in [0.15, 0.2) is 0 Å². The first-order valence-electron chi connectivity index (χ1n) is 5.66. The summed E-state index contributed by atoms with van der Waals surface area (Å²) in [4.78, 5) is 31.0. The third-order valence-electron chi connectivity index (χ3n) is 2.29. The van der Waals surface area contributed by atoms with E-state index in [0.29, 0.717) is 6.54 Å². The molecule has 1 heterocycles. The van der Waals surface area contributed by atoms with E-state index in [4.69, 9.17) is 0 Å². The molecule has 0 unspecified atom stereocenters. The van der Waals surface area contributed by atoms with Crippen LogP contribution in [0, 0.1) is 10.1 Å². The molecule has 1 aromatic rings. The molecular weight excluding hydrogens is 252 g/mol. The Morgan fingerprint density at radius 1 is 1.58 bits per heavy atom. The summed E-state index contributed by atoms with van der Waals surface area (Å²) in [5.41, 5.74) is -0.245. The zero-order valence-corrected chi connectivity index (χ0v) is 11.0. The van der Waals surface area contributed by atoms with E-state index in [-0.39, 0.29) is 29.9 Å². The number of nitrogens with one attached hydrogen (secondary N) is 2. The number of carbonyl (C=O) groups excluding carboxylic acids is 1. The van der Waals surface area contributed by atoms with E-state index in [1.165, 1.54) is 4.90 Å². The van der Waals surface area contributed by atoms with Gasteiger partial charge in [0.25, 0.3) is 0 Å². The maximum Gasteiger partial charge on any atom is 0.329 e. The van der Waals surface area contributed by atoms with Gasteiger partial charge in [-0.1, -0.05) is 0 Å². The zero-order valence-electron chi connectivity index (χ0n) is 11.0. The molecule has 1 rings (SSSR count). The molecule has 0 saturated carbocycles. The van der Waals surface area contributed by atoms with Gasteiger partial charge >= 0.3 is 5.69 Å². The number of hydrogen-bond acceptors (Lipinski definition) is 7.